The summed E-state index contributed by atoms with van der Waals surface area (Å²) >= 11 is 9.22. The fraction of sp³-hybridized carbons (Fsp3) is 0.130. The maximum absolute atomic E-state index is 12.3. The zero-order valence-electron chi connectivity index (χ0n) is 16.6. The summed E-state index contributed by atoms with van der Waals surface area (Å²) in [5.74, 6) is 0.144. The number of carbonyl (C=O) groups is 2. The van der Waals surface area contributed by atoms with Crippen LogP contribution in [0.5, 0.6) is 11.5 Å². The average molecular weight is 504 g/mol. The molecule has 6 nitrogen and oxygen atoms in total. The first-order valence-corrected chi connectivity index (χ1v) is 10.6. The lowest BCUT2D eigenvalue weighted by Crippen LogP contribution is -2.47. The van der Waals surface area contributed by atoms with Crippen molar-refractivity contribution in [3.63, 3.8) is 0 Å². The third-order valence-corrected chi connectivity index (χ3v) is 5.09. The minimum Gasteiger partial charge on any atom is -0.489 e. The van der Waals surface area contributed by atoms with Gasteiger partial charge in [0, 0.05) is 10.6 Å². The van der Waals surface area contributed by atoms with Crippen LogP contribution in [0.4, 0.5) is 0 Å². The Morgan fingerprint density at radius 1 is 1.00 bits per heavy atom. The van der Waals surface area contributed by atoms with Crippen molar-refractivity contribution >= 4 is 39.3 Å². The van der Waals surface area contributed by atoms with Gasteiger partial charge in [-0.3, -0.25) is 20.4 Å². The highest BCUT2D eigenvalue weighted by Crippen LogP contribution is 2.28. The monoisotopic (exact) mass is 502 g/mol. The minimum atomic E-state index is -0.841. The molecule has 31 heavy (non-hydrogen) atoms. The maximum Gasteiger partial charge on any atom is 0.279 e. The first-order valence-electron chi connectivity index (χ1n) is 9.41. The Morgan fingerprint density at radius 2 is 1.71 bits per heavy atom. The smallest absolute Gasteiger partial charge is 0.279 e. The molecule has 2 N–H and O–H groups in total. The number of halogens is 2. The molecule has 1 unspecified atom stereocenters. The van der Waals surface area contributed by atoms with Crippen molar-refractivity contribution in [3.8, 4) is 11.5 Å². The van der Waals surface area contributed by atoms with Crippen molar-refractivity contribution in [2.45, 2.75) is 19.6 Å². The number of hydrogen-bond acceptors (Lipinski definition) is 4. The lowest BCUT2D eigenvalue weighted by Gasteiger charge is -2.16. The number of ether oxygens (including phenoxy) is 2. The molecule has 0 aliphatic rings. The van der Waals surface area contributed by atoms with E-state index in [2.05, 4.69) is 26.8 Å². The van der Waals surface area contributed by atoms with Crippen LogP contribution < -0.4 is 20.3 Å². The number of carbonyl (C=O) groups excluding carboxylic acids is 2. The van der Waals surface area contributed by atoms with Crippen molar-refractivity contribution in [2.24, 2.45) is 0 Å². The highest BCUT2D eigenvalue weighted by Gasteiger charge is 2.17. The van der Waals surface area contributed by atoms with Gasteiger partial charge >= 0.3 is 0 Å². The molecule has 1 atom stereocenters. The summed E-state index contributed by atoms with van der Waals surface area (Å²) in [7, 11) is 0. The Bertz CT molecular complexity index is 1050. The van der Waals surface area contributed by atoms with Crippen LogP contribution in [-0.2, 0) is 11.4 Å². The Kier molecular flexibility index (Phi) is 7.92. The van der Waals surface area contributed by atoms with Crippen molar-refractivity contribution in [2.75, 3.05) is 0 Å². The molecule has 3 aromatic carbocycles. The summed E-state index contributed by atoms with van der Waals surface area (Å²) < 4.78 is 11.9. The van der Waals surface area contributed by atoms with E-state index in [-0.39, 0.29) is 0 Å². The van der Waals surface area contributed by atoms with Gasteiger partial charge in [0.1, 0.15) is 18.1 Å². The van der Waals surface area contributed by atoms with Crippen LogP contribution in [0, 0.1) is 0 Å². The van der Waals surface area contributed by atoms with E-state index >= 15 is 0 Å². The Labute approximate surface area is 193 Å². The number of amides is 2. The third-order valence-electron chi connectivity index (χ3n) is 4.23. The van der Waals surface area contributed by atoms with Gasteiger partial charge in [-0.2, -0.15) is 0 Å². The maximum atomic E-state index is 12.3. The van der Waals surface area contributed by atoms with Gasteiger partial charge in [-0.15, -0.1) is 0 Å². The average Bonchev–Trinajstić information content (AvgIpc) is 2.78. The molecule has 0 saturated heterocycles. The van der Waals surface area contributed by atoms with Gasteiger partial charge in [0.05, 0.1) is 4.47 Å². The second-order valence-electron chi connectivity index (χ2n) is 6.58. The van der Waals surface area contributed by atoms with E-state index in [1.165, 1.54) is 0 Å². The van der Waals surface area contributed by atoms with E-state index in [4.69, 9.17) is 21.1 Å². The molecule has 0 saturated carbocycles. The molecule has 3 rings (SSSR count). The number of benzene rings is 3. The van der Waals surface area contributed by atoms with Gasteiger partial charge in [-0.1, -0.05) is 41.9 Å². The molecule has 160 valence electrons. The zero-order valence-corrected chi connectivity index (χ0v) is 18.9. The molecule has 0 fully saturated rings. The van der Waals surface area contributed by atoms with Gasteiger partial charge in [0.15, 0.2) is 6.10 Å². The molecular weight excluding hydrogens is 484 g/mol. The van der Waals surface area contributed by atoms with E-state index in [0.717, 1.165) is 5.56 Å². The van der Waals surface area contributed by atoms with Gasteiger partial charge in [0.25, 0.3) is 11.8 Å². The van der Waals surface area contributed by atoms with Gasteiger partial charge in [-0.05, 0) is 70.9 Å². The minimum absolute atomic E-state index is 0.376. The summed E-state index contributed by atoms with van der Waals surface area (Å²) in [4.78, 5) is 24.5. The number of rotatable bonds is 7. The van der Waals surface area contributed by atoms with Crippen LogP contribution in [0.1, 0.15) is 22.8 Å². The predicted octanol–water partition coefficient (Wildman–Crippen LogP) is 4.91. The lowest BCUT2D eigenvalue weighted by molar-refractivity contribution is -0.128. The molecular formula is C23H20BrClN2O4. The summed E-state index contributed by atoms with van der Waals surface area (Å²) in [6.45, 7) is 2.01. The van der Waals surface area contributed by atoms with Crippen LogP contribution in [0.25, 0.3) is 0 Å². The van der Waals surface area contributed by atoms with Crippen LogP contribution >= 0.6 is 27.5 Å². The number of hydrazine groups is 1. The number of nitrogens with one attached hydrogen (secondary N) is 2. The van der Waals surface area contributed by atoms with E-state index in [1.807, 2.05) is 30.3 Å². The fourth-order valence-electron chi connectivity index (χ4n) is 2.55. The van der Waals surface area contributed by atoms with E-state index in [1.54, 1.807) is 49.4 Å². The molecule has 0 heterocycles. The zero-order chi connectivity index (χ0) is 22.2. The summed E-state index contributed by atoms with van der Waals surface area (Å²) in [6, 6.07) is 21.4. The highest BCUT2D eigenvalue weighted by molar-refractivity contribution is 9.10. The van der Waals surface area contributed by atoms with Crippen molar-refractivity contribution in [1.29, 1.82) is 0 Å². The molecule has 0 radical (unpaired) electrons. The fourth-order valence-corrected chi connectivity index (χ4v) is 3.33. The van der Waals surface area contributed by atoms with Crippen molar-refractivity contribution < 1.29 is 19.1 Å². The van der Waals surface area contributed by atoms with Crippen LogP contribution in [0.2, 0.25) is 5.02 Å². The van der Waals surface area contributed by atoms with E-state index in [0.29, 0.717) is 33.2 Å². The molecule has 0 spiro atoms. The summed E-state index contributed by atoms with van der Waals surface area (Å²) in [6.07, 6.45) is -0.841. The van der Waals surface area contributed by atoms with Crippen molar-refractivity contribution in [3.05, 3.63) is 93.4 Å². The third kappa shape index (κ3) is 6.73. The van der Waals surface area contributed by atoms with Crippen LogP contribution in [0.3, 0.4) is 0 Å². The lowest BCUT2D eigenvalue weighted by atomic mass is 10.2. The molecule has 0 aromatic heterocycles. The second kappa shape index (κ2) is 10.8. The molecule has 2 amide bonds. The topological polar surface area (TPSA) is 76.7 Å². The first-order chi connectivity index (χ1) is 14.9. The van der Waals surface area contributed by atoms with E-state index in [9.17, 15) is 9.59 Å². The molecule has 3 aromatic rings. The Morgan fingerprint density at radius 3 is 2.39 bits per heavy atom. The molecule has 0 aliphatic carbocycles. The first kappa shape index (κ1) is 22.7. The largest absolute Gasteiger partial charge is 0.489 e. The highest BCUT2D eigenvalue weighted by atomic mass is 79.9. The van der Waals surface area contributed by atoms with Crippen molar-refractivity contribution in [1.82, 2.24) is 10.9 Å². The SMILES string of the molecule is CC(Oc1ccc(Cl)cc1Br)C(=O)NNC(=O)c1ccc(OCc2ccccc2)cc1. The summed E-state index contributed by atoms with van der Waals surface area (Å²) in [5.41, 5.74) is 6.16. The Balaban J connectivity index is 1.47. The molecule has 0 bridgehead atoms. The van der Waals surface area contributed by atoms with E-state index < -0.39 is 17.9 Å². The second-order valence-corrected chi connectivity index (χ2v) is 7.87. The number of hydrogen-bond donors (Lipinski definition) is 2. The van der Waals surface area contributed by atoms with Gasteiger partial charge in [-0.25, -0.2) is 0 Å². The standard InChI is InChI=1S/C23H20BrClN2O4/c1-15(31-21-12-9-18(25)13-20(21)24)22(28)26-27-23(29)17-7-10-19(11-8-17)30-14-16-5-3-2-4-6-16/h2-13,15H,14H2,1H3,(H,26,28)(H,27,29). The van der Waals surface area contributed by atoms with Crippen LogP contribution in [-0.4, -0.2) is 17.9 Å². The van der Waals surface area contributed by atoms with Gasteiger partial charge < -0.3 is 9.47 Å². The van der Waals surface area contributed by atoms with Crippen LogP contribution in [0.15, 0.2) is 77.3 Å². The Hall–Kier alpha value is -3.03. The predicted molar refractivity (Wildman–Crippen MR) is 122 cm³/mol. The summed E-state index contributed by atoms with van der Waals surface area (Å²) in [5, 5.41) is 0.542. The molecule has 0 aliphatic heterocycles. The molecule has 8 heteroatoms. The quantitative estimate of drug-likeness (QED) is 0.449. The van der Waals surface area contributed by atoms with Gasteiger partial charge in [0.2, 0.25) is 0 Å². The normalized spacial score (nSPS) is 11.3.